The lowest BCUT2D eigenvalue weighted by Crippen LogP contribution is -2.50. The Kier molecular flexibility index (Phi) is 3.16. The van der Waals surface area contributed by atoms with Crippen LogP contribution in [0.5, 0.6) is 0 Å². The monoisotopic (exact) mass is 213 g/mol. The molecule has 0 spiro atoms. The highest BCUT2D eigenvalue weighted by atomic mass is 16.5. The summed E-state index contributed by atoms with van der Waals surface area (Å²) in [6, 6.07) is 0. The van der Waals surface area contributed by atoms with Crippen LogP contribution in [0.25, 0.3) is 0 Å². The molecule has 0 aliphatic rings. The molecule has 1 heterocycles. The minimum absolute atomic E-state index is 0.352. The van der Waals surface area contributed by atoms with Crippen molar-refractivity contribution in [3.8, 4) is 0 Å². The van der Waals surface area contributed by atoms with Gasteiger partial charge in [0.25, 0.3) is 0 Å². The molecule has 86 valence electrons. The molecule has 0 radical (unpaired) electrons. The highest BCUT2D eigenvalue weighted by Crippen LogP contribution is 2.31. The summed E-state index contributed by atoms with van der Waals surface area (Å²) in [5.41, 5.74) is 5.27. The van der Waals surface area contributed by atoms with Crippen LogP contribution < -0.4 is 5.73 Å². The summed E-state index contributed by atoms with van der Waals surface area (Å²) in [7, 11) is 1.59. The van der Waals surface area contributed by atoms with E-state index in [9.17, 15) is 0 Å². The van der Waals surface area contributed by atoms with E-state index in [2.05, 4.69) is 10.1 Å². The van der Waals surface area contributed by atoms with Gasteiger partial charge in [0.05, 0.1) is 5.41 Å². The van der Waals surface area contributed by atoms with E-state index in [1.54, 1.807) is 7.11 Å². The predicted octanol–water partition coefficient (Wildman–Crippen LogP) is 1.23. The van der Waals surface area contributed by atoms with Crippen LogP contribution in [0.2, 0.25) is 0 Å². The van der Waals surface area contributed by atoms with E-state index in [-0.39, 0.29) is 5.41 Å². The smallest absolute Gasteiger partial charge is 0.234 e. The lowest BCUT2D eigenvalue weighted by atomic mass is 9.75. The molecule has 2 N–H and O–H groups in total. The molecule has 0 aliphatic carbocycles. The Bertz CT molecular complexity index is 326. The van der Waals surface area contributed by atoms with Crippen molar-refractivity contribution in [2.24, 2.45) is 5.73 Å². The first-order valence-corrected chi connectivity index (χ1v) is 4.90. The maximum absolute atomic E-state index is 6.07. The number of hydrogen-bond donors (Lipinski definition) is 1. The quantitative estimate of drug-likeness (QED) is 0.814. The number of aromatic nitrogens is 2. The average Bonchev–Trinajstić information content (AvgIpc) is 2.51. The molecule has 5 heteroatoms. The van der Waals surface area contributed by atoms with Gasteiger partial charge in [-0.2, -0.15) is 4.98 Å². The van der Waals surface area contributed by atoms with E-state index >= 15 is 0 Å². The van der Waals surface area contributed by atoms with Gasteiger partial charge in [-0.1, -0.05) is 5.16 Å². The van der Waals surface area contributed by atoms with Gasteiger partial charge in [0.15, 0.2) is 5.82 Å². The summed E-state index contributed by atoms with van der Waals surface area (Å²) in [5.74, 6) is 1.09. The fourth-order valence-electron chi connectivity index (χ4n) is 0.971. The molecule has 0 saturated heterocycles. The van der Waals surface area contributed by atoms with E-state index in [1.807, 2.05) is 27.7 Å². The molecule has 0 saturated carbocycles. The average molecular weight is 213 g/mol. The first kappa shape index (κ1) is 12.1. The van der Waals surface area contributed by atoms with Crippen molar-refractivity contribution in [3.05, 3.63) is 11.7 Å². The van der Waals surface area contributed by atoms with Crippen molar-refractivity contribution >= 4 is 0 Å². The van der Waals surface area contributed by atoms with E-state index in [4.69, 9.17) is 15.0 Å². The molecule has 0 unspecified atom stereocenters. The summed E-state index contributed by atoms with van der Waals surface area (Å²) in [6.07, 6.45) is 0. The van der Waals surface area contributed by atoms with Crippen LogP contribution in [0.1, 0.15) is 39.4 Å². The van der Waals surface area contributed by atoms with Crippen molar-refractivity contribution in [1.82, 2.24) is 10.1 Å². The Hall–Kier alpha value is -0.940. The second-order valence-corrected chi connectivity index (χ2v) is 4.80. The van der Waals surface area contributed by atoms with Gasteiger partial charge in [-0.05, 0) is 27.7 Å². The molecule has 1 aromatic rings. The summed E-state index contributed by atoms with van der Waals surface area (Å²) >= 11 is 0. The number of methoxy groups -OCH3 is 1. The van der Waals surface area contributed by atoms with Crippen LogP contribution >= 0.6 is 0 Å². The van der Waals surface area contributed by atoms with Crippen LogP contribution in [0, 0.1) is 0 Å². The highest BCUT2D eigenvalue weighted by Gasteiger charge is 2.40. The standard InChI is InChI=1S/C10H19N3O2/c1-9(2,10(3,4)11)8-12-7(6-14-5)13-15-8/h6,11H2,1-5H3. The minimum Gasteiger partial charge on any atom is -0.377 e. The van der Waals surface area contributed by atoms with Gasteiger partial charge in [-0.15, -0.1) is 0 Å². The van der Waals surface area contributed by atoms with Crippen molar-refractivity contribution < 1.29 is 9.26 Å². The third-order valence-electron chi connectivity index (χ3n) is 2.89. The first-order chi connectivity index (χ1) is 6.79. The van der Waals surface area contributed by atoms with E-state index in [1.165, 1.54) is 0 Å². The summed E-state index contributed by atoms with van der Waals surface area (Å²) in [6.45, 7) is 8.19. The summed E-state index contributed by atoms with van der Waals surface area (Å²) in [4.78, 5) is 4.26. The fourth-order valence-corrected chi connectivity index (χ4v) is 0.971. The maximum atomic E-state index is 6.07. The Labute approximate surface area is 90.0 Å². The van der Waals surface area contributed by atoms with Gasteiger partial charge < -0.3 is 15.0 Å². The second kappa shape index (κ2) is 3.90. The zero-order chi connectivity index (χ0) is 11.7. The molecule has 0 amide bonds. The Morgan fingerprint density at radius 3 is 2.40 bits per heavy atom. The number of hydrogen-bond acceptors (Lipinski definition) is 5. The van der Waals surface area contributed by atoms with Crippen molar-refractivity contribution in [2.45, 2.75) is 45.3 Å². The molecule has 0 bridgehead atoms. The Morgan fingerprint density at radius 2 is 1.93 bits per heavy atom. The molecule has 5 nitrogen and oxygen atoms in total. The molecule has 0 aromatic carbocycles. The SMILES string of the molecule is COCc1noc(C(C)(C)C(C)(C)N)n1. The normalized spacial score (nSPS) is 13.2. The largest absolute Gasteiger partial charge is 0.377 e. The van der Waals surface area contributed by atoms with E-state index in [0.29, 0.717) is 18.3 Å². The molecule has 15 heavy (non-hydrogen) atoms. The maximum Gasteiger partial charge on any atom is 0.234 e. The minimum atomic E-state index is -0.427. The Morgan fingerprint density at radius 1 is 1.33 bits per heavy atom. The van der Waals surface area contributed by atoms with E-state index in [0.717, 1.165) is 0 Å². The lowest BCUT2D eigenvalue weighted by Gasteiger charge is -2.34. The molecule has 0 fully saturated rings. The topological polar surface area (TPSA) is 74.2 Å². The lowest BCUT2D eigenvalue weighted by molar-refractivity contribution is 0.174. The zero-order valence-corrected chi connectivity index (χ0v) is 10.00. The van der Waals surface area contributed by atoms with Gasteiger partial charge in [-0.25, -0.2) is 0 Å². The van der Waals surface area contributed by atoms with Gasteiger partial charge in [0.2, 0.25) is 5.89 Å². The molecule has 0 aliphatic heterocycles. The summed E-state index contributed by atoms with van der Waals surface area (Å²) in [5, 5.41) is 3.82. The van der Waals surface area contributed by atoms with E-state index < -0.39 is 5.54 Å². The van der Waals surface area contributed by atoms with Crippen LogP contribution in [0.15, 0.2) is 4.52 Å². The number of rotatable bonds is 4. The Balaban J connectivity index is 2.95. The number of nitrogens with zero attached hydrogens (tertiary/aromatic N) is 2. The van der Waals surface area contributed by atoms with Crippen LogP contribution in [-0.4, -0.2) is 22.8 Å². The molecule has 1 rings (SSSR count). The zero-order valence-electron chi connectivity index (χ0n) is 10.00. The third kappa shape index (κ3) is 2.35. The van der Waals surface area contributed by atoms with Crippen LogP contribution in [0.4, 0.5) is 0 Å². The molecule has 1 aromatic heterocycles. The summed E-state index contributed by atoms with van der Waals surface area (Å²) < 4.78 is 10.1. The van der Waals surface area contributed by atoms with Crippen molar-refractivity contribution in [2.75, 3.05) is 7.11 Å². The highest BCUT2D eigenvalue weighted by molar-refractivity contribution is 5.10. The van der Waals surface area contributed by atoms with Gasteiger partial charge in [-0.3, -0.25) is 0 Å². The fraction of sp³-hybridized carbons (Fsp3) is 0.800. The van der Waals surface area contributed by atoms with Crippen molar-refractivity contribution in [1.29, 1.82) is 0 Å². The number of ether oxygens (including phenoxy) is 1. The second-order valence-electron chi connectivity index (χ2n) is 4.80. The predicted molar refractivity (Wildman–Crippen MR) is 56.3 cm³/mol. The first-order valence-electron chi connectivity index (χ1n) is 4.90. The van der Waals surface area contributed by atoms with Crippen molar-refractivity contribution in [3.63, 3.8) is 0 Å². The molecular weight excluding hydrogens is 194 g/mol. The van der Waals surface area contributed by atoms with Crippen LogP contribution in [-0.2, 0) is 16.8 Å². The molecular formula is C10H19N3O2. The van der Waals surface area contributed by atoms with Crippen LogP contribution in [0.3, 0.4) is 0 Å². The third-order valence-corrected chi connectivity index (χ3v) is 2.89. The van der Waals surface area contributed by atoms with Gasteiger partial charge >= 0.3 is 0 Å². The van der Waals surface area contributed by atoms with Gasteiger partial charge in [0, 0.05) is 12.6 Å². The van der Waals surface area contributed by atoms with Gasteiger partial charge in [0.1, 0.15) is 6.61 Å². The molecule has 0 atom stereocenters. The number of nitrogens with two attached hydrogens (primary N) is 1.